The van der Waals surface area contributed by atoms with Crippen molar-refractivity contribution in [2.24, 2.45) is 0 Å². The van der Waals surface area contributed by atoms with E-state index >= 15 is 0 Å². The molecule has 0 saturated heterocycles. The molecule has 0 spiro atoms. The zero-order chi connectivity index (χ0) is 21.3. The number of aryl methyl sites for hydroxylation is 2. The van der Waals surface area contributed by atoms with Crippen molar-refractivity contribution in [3.63, 3.8) is 0 Å². The molecule has 0 fully saturated rings. The van der Waals surface area contributed by atoms with Crippen LogP contribution in [0.2, 0.25) is 0 Å². The second kappa shape index (κ2) is 7.94. The fourth-order valence-corrected chi connectivity index (χ4v) is 3.44. The summed E-state index contributed by atoms with van der Waals surface area (Å²) in [4.78, 5) is 25.3. The highest BCUT2D eigenvalue weighted by Gasteiger charge is 2.15. The van der Waals surface area contributed by atoms with E-state index in [9.17, 15) is 9.59 Å². The maximum Gasteiger partial charge on any atom is 0.293 e. The number of benzene rings is 2. The van der Waals surface area contributed by atoms with Gasteiger partial charge in [0.05, 0.1) is 11.7 Å². The molecule has 2 heterocycles. The fourth-order valence-electron chi connectivity index (χ4n) is 3.44. The number of nitrogens with one attached hydrogen (secondary N) is 1. The van der Waals surface area contributed by atoms with Gasteiger partial charge in [0.1, 0.15) is 18.4 Å². The van der Waals surface area contributed by atoms with E-state index in [2.05, 4.69) is 15.5 Å². The normalized spacial score (nSPS) is 12.1. The number of amides is 1. The van der Waals surface area contributed by atoms with Crippen molar-refractivity contribution in [1.29, 1.82) is 0 Å². The minimum atomic E-state index is -0.357. The molecule has 0 aliphatic carbocycles. The molecule has 30 heavy (non-hydrogen) atoms. The van der Waals surface area contributed by atoms with Crippen LogP contribution in [0.5, 0.6) is 0 Å². The molecule has 7 nitrogen and oxygen atoms in total. The Morgan fingerprint density at radius 1 is 1.10 bits per heavy atom. The second-order valence-electron chi connectivity index (χ2n) is 7.47. The van der Waals surface area contributed by atoms with E-state index in [-0.39, 0.29) is 24.1 Å². The van der Waals surface area contributed by atoms with Gasteiger partial charge in [-0.15, -0.1) is 0 Å². The molecule has 0 aliphatic heterocycles. The Hall–Kier alpha value is -3.74. The molecule has 0 saturated carbocycles. The second-order valence-corrected chi connectivity index (χ2v) is 7.47. The number of aromatic nitrogens is 4. The highest BCUT2D eigenvalue weighted by molar-refractivity contribution is 5.76. The number of nitrogens with zero attached hydrogens (tertiary/aromatic N) is 4. The number of carbonyl (C=O) groups is 1. The summed E-state index contributed by atoms with van der Waals surface area (Å²) in [5, 5.41) is 11.5. The third-order valence-corrected chi connectivity index (χ3v) is 5.13. The Bertz CT molecular complexity index is 1270. The number of rotatable bonds is 5. The third kappa shape index (κ3) is 3.87. The molecule has 1 N–H and O–H groups in total. The first-order valence-corrected chi connectivity index (χ1v) is 9.80. The first kappa shape index (κ1) is 19.6. The average molecular weight is 401 g/mol. The topological polar surface area (TPSA) is 81.3 Å². The van der Waals surface area contributed by atoms with Gasteiger partial charge in [0.15, 0.2) is 0 Å². The molecule has 152 valence electrons. The van der Waals surface area contributed by atoms with Crippen molar-refractivity contribution < 1.29 is 4.79 Å². The predicted octanol–water partition coefficient (Wildman–Crippen LogP) is 3.05. The van der Waals surface area contributed by atoms with Crippen molar-refractivity contribution in [2.75, 3.05) is 0 Å². The summed E-state index contributed by atoms with van der Waals surface area (Å²) in [6.45, 7) is 5.77. The highest BCUT2D eigenvalue weighted by atomic mass is 16.2. The fraction of sp³-hybridized carbons (Fsp3) is 0.217. The molecule has 7 heteroatoms. The molecule has 0 radical (unpaired) electrons. The van der Waals surface area contributed by atoms with E-state index in [0.29, 0.717) is 11.2 Å². The molecule has 1 amide bonds. The maximum absolute atomic E-state index is 12.9. The third-order valence-electron chi connectivity index (χ3n) is 5.13. The van der Waals surface area contributed by atoms with Crippen molar-refractivity contribution >= 4 is 11.4 Å². The van der Waals surface area contributed by atoms with Crippen LogP contribution < -0.4 is 10.9 Å². The smallest absolute Gasteiger partial charge is 0.293 e. The first-order valence-electron chi connectivity index (χ1n) is 9.80. The molecule has 4 rings (SSSR count). The van der Waals surface area contributed by atoms with Crippen molar-refractivity contribution in [1.82, 2.24) is 24.7 Å². The standard InChI is InChI=1S/C23H23N5O2/c1-15-9-10-16(2)19(11-15)20-12-21-23(30)27(24-14-28(21)26-20)13-22(29)25-17(3)18-7-5-4-6-8-18/h4-12,14,17H,13H2,1-3H3,(H,25,29)/t17-/m0/s1. The molecule has 0 aliphatic rings. The molecule has 0 unspecified atom stereocenters. The average Bonchev–Trinajstić information content (AvgIpc) is 3.17. The van der Waals surface area contributed by atoms with Gasteiger partial charge in [-0.05, 0) is 44.0 Å². The zero-order valence-electron chi connectivity index (χ0n) is 17.2. The van der Waals surface area contributed by atoms with Gasteiger partial charge >= 0.3 is 0 Å². The molecular weight excluding hydrogens is 378 g/mol. The van der Waals surface area contributed by atoms with Gasteiger partial charge in [-0.25, -0.2) is 9.20 Å². The summed E-state index contributed by atoms with van der Waals surface area (Å²) in [6, 6.07) is 17.4. The largest absolute Gasteiger partial charge is 0.348 e. The van der Waals surface area contributed by atoms with Crippen LogP contribution in [0.15, 0.2) is 65.7 Å². The summed E-state index contributed by atoms with van der Waals surface area (Å²) in [5.41, 5.74) is 4.89. The van der Waals surface area contributed by atoms with Gasteiger partial charge in [0, 0.05) is 5.56 Å². The summed E-state index contributed by atoms with van der Waals surface area (Å²) in [6.07, 6.45) is 1.46. The summed E-state index contributed by atoms with van der Waals surface area (Å²) >= 11 is 0. The molecule has 1 atom stereocenters. The minimum absolute atomic E-state index is 0.156. The number of fused-ring (bicyclic) bond motifs is 1. The van der Waals surface area contributed by atoms with E-state index in [1.165, 1.54) is 10.8 Å². The van der Waals surface area contributed by atoms with Gasteiger partial charge in [-0.1, -0.05) is 48.0 Å². The van der Waals surface area contributed by atoms with E-state index in [1.54, 1.807) is 6.07 Å². The Kier molecular flexibility index (Phi) is 5.18. The van der Waals surface area contributed by atoms with E-state index in [0.717, 1.165) is 26.9 Å². The van der Waals surface area contributed by atoms with Gasteiger partial charge in [-0.2, -0.15) is 10.2 Å². The molecular formula is C23H23N5O2. The first-order chi connectivity index (χ1) is 14.4. The van der Waals surface area contributed by atoms with Crippen LogP contribution in [-0.4, -0.2) is 25.3 Å². The summed E-state index contributed by atoms with van der Waals surface area (Å²) < 4.78 is 2.62. The number of hydrogen-bond donors (Lipinski definition) is 1. The van der Waals surface area contributed by atoms with Crippen LogP contribution in [0, 0.1) is 13.8 Å². The van der Waals surface area contributed by atoms with Crippen LogP contribution in [0.1, 0.15) is 29.7 Å². The summed E-state index contributed by atoms with van der Waals surface area (Å²) in [5.74, 6) is -0.278. The maximum atomic E-state index is 12.9. The Morgan fingerprint density at radius 2 is 1.87 bits per heavy atom. The highest BCUT2D eigenvalue weighted by Crippen LogP contribution is 2.23. The number of carbonyl (C=O) groups excluding carboxylic acids is 1. The monoisotopic (exact) mass is 401 g/mol. The lowest BCUT2D eigenvalue weighted by molar-refractivity contribution is -0.122. The lowest BCUT2D eigenvalue weighted by atomic mass is 10.0. The lowest BCUT2D eigenvalue weighted by Crippen LogP contribution is -2.35. The van der Waals surface area contributed by atoms with Gasteiger partial charge in [0.25, 0.3) is 5.56 Å². The van der Waals surface area contributed by atoms with Gasteiger partial charge < -0.3 is 5.32 Å². The van der Waals surface area contributed by atoms with Crippen LogP contribution in [0.25, 0.3) is 16.8 Å². The van der Waals surface area contributed by atoms with Crippen LogP contribution in [-0.2, 0) is 11.3 Å². The van der Waals surface area contributed by atoms with Gasteiger partial charge in [0.2, 0.25) is 5.91 Å². The van der Waals surface area contributed by atoms with Crippen LogP contribution >= 0.6 is 0 Å². The molecule has 2 aromatic heterocycles. The van der Waals surface area contributed by atoms with Crippen molar-refractivity contribution in [2.45, 2.75) is 33.4 Å². The number of hydrogen-bond acceptors (Lipinski definition) is 4. The SMILES string of the molecule is Cc1ccc(C)c(-c2cc3c(=O)n(CC(=O)N[C@@H](C)c4ccccc4)ncn3n2)c1. The van der Waals surface area contributed by atoms with E-state index in [1.807, 2.05) is 69.3 Å². The van der Waals surface area contributed by atoms with Crippen molar-refractivity contribution in [3.8, 4) is 11.3 Å². The van der Waals surface area contributed by atoms with Crippen LogP contribution in [0.4, 0.5) is 0 Å². The van der Waals surface area contributed by atoms with Crippen LogP contribution in [0.3, 0.4) is 0 Å². The van der Waals surface area contributed by atoms with E-state index < -0.39 is 0 Å². The Balaban J connectivity index is 1.58. The Morgan fingerprint density at radius 3 is 2.63 bits per heavy atom. The summed E-state index contributed by atoms with van der Waals surface area (Å²) in [7, 11) is 0. The van der Waals surface area contributed by atoms with Crippen molar-refractivity contribution in [3.05, 3.63) is 88.0 Å². The van der Waals surface area contributed by atoms with E-state index in [4.69, 9.17) is 0 Å². The molecule has 0 bridgehead atoms. The predicted molar refractivity (Wildman–Crippen MR) is 115 cm³/mol. The molecule has 2 aromatic carbocycles. The molecule has 4 aromatic rings. The quantitative estimate of drug-likeness (QED) is 0.557. The minimum Gasteiger partial charge on any atom is -0.348 e. The zero-order valence-corrected chi connectivity index (χ0v) is 17.2. The van der Waals surface area contributed by atoms with Gasteiger partial charge in [-0.3, -0.25) is 9.59 Å². The lowest BCUT2D eigenvalue weighted by Gasteiger charge is -2.14. The Labute approximate surface area is 174 Å².